The quantitative estimate of drug-likeness (QED) is 0.220. The molecule has 2 unspecified atom stereocenters. The van der Waals surface area contributed by atoms with Crippen LogP contribution in [0.3, 0.4) is 0 Å². The van der Waals surface area contributed by atoms with Gasteiger partial charge in [-0.25, -0.2) is 27.3 Å². The van der Waals surface area contributed by atoms with Gasteiger partial charge >= 0.3 is 29.2 Å². The van der Waals surface area contributed by atoms with E-state index < -0.39 is 66.0 Å². The van der Waals surface area contributed by atoms with Crippen molar-refractivity contribution in [3.8, 4) is 0 Å². The fourth-order valence-electron chi connectivity index (χ4n) is 2.73. The summed E-state index contributed by atoms with van der Waals surface area (Å²) in [4.78, 5) is 50.9. The number of nitrogens with two attached hydrogens (primary N) is 1. The van der Waals surface area contributed by atoms with E-state index in [0.717, 1.165) is 12.3 Å². The lowest BCUT2D eigenvalue weighted by Gasteiger charge is -2.30. The molecule has 0 aliphatic carbocycles. The molecule has 1 aromatic rings. The van der Waals surface area contributed by atoms with Crippen molar-refractivity contribution >= 4 is 29.3 Å². The molecule has 7 N–H and O–H groups in total. The minimum Gasteiger partial charge on any atom is -0.386 e. The van der Waals surface area contributed by atoms with Crippen LogP contribution in [-0.2, 0) is 31.6 Å². The van der Waals surface area contributed by atoms with E-state index in [1.165, 1.54) is 0 Å². The van der Waals surface area contributed by atoms with Crippen LogP contribution in [0.25, 0.3) is 0 Å². The Morgan fingerprint density at radius 1 is 1.25 bits per heavy atom. The molecule has 6 atom stereocenters. The molecule has 0 amide bonds. The number of alkyl halides is 2. The summed E-state index contributed by atoms with van der Waals surface area (Å²) < 4.78 is 79.8. The average Bonchev–Trinajstić information content (AvgIpc) is 2.78. The molecule has 1 saturated heterocycles. The molecule has 21 heteroatoms. The monoisotopic (exact) mass is 531 g/mol. The first-order chi connectivity index (χ1) is 14.3. The molecule has 0 radical (unpaired) electrons. The van der Waals surface area contributed by atoms with Crippen LogP contribution in [0.5, 0.6) is 0 Å². The summed E-state index contributed by atoms with van der Waals surface area (Å²) in [7, 11) is -17.3. The van der Waals surface area contributed by atoms with Gasteiger partial charge in [-0.3, -0.25) is 9.09 Å². The highest BCUT2D eigenvalue weighted by atomic mass is 31.3. The number of aromatic nitrogens is 2. The van der Waals surface area contributed by atoms with Crippen molar-refractivity contribution in [3.05, 3.63) is 22.7 Å². The maximum absolute atomic E-state index is 15.2. The number of phosphoric acid groups is 3. The first-order valence-corrected chi connectivity index (χ1v) is 12.6. The average molecular weight is 531 g/mol. The van der Waals surface area contributed by atoms with Gasteiger partial charge in [-0.15, -0.1) is 0 Å². The van der Waals surface area contributed by atoms with Crippen molar-refractivity contribution in [2.24, 2.45) is 0 Å². The highest BCUT2D eigenvalue weighted by Gasteiger charge is 2.64. The topological polar surface area (TPSA) is 250 Å². The smallest absolute Gasteiger partial charge is 0.386 e. The molecule has 1 aromatic heterocycles. The number of phosphoric ester groups is 1. The number of halogens is 2. The second-order valence-electron chi connectivity index (χ2n) is 6.63. The van der Waals surface area contributed by atoms with Gasteiger partial charge in [0.2, 0.25) is 0 Å². The van der Waals surface area contributed by atoms with Gasteiger partial charge in [0.05, 0.1) is 6.61 Å². The van der Waals surface area contributed by atoms with Crippen molar-refractivity contribution in [1.82, 2.24) is 9.55 Å². The Hall–Kier alpha value is -1.13. The minimum atomic E-state index is -5.88. The molecular weight excluding hydrogens is 513 g/mol. The van der Waals surface area contributed by atoms with Crippen LogP contribution in [0.2, 0.25) is 0 Å². The Morgan fingerprint density at radius 3 is 2.34 bits per heavy atom. The number of anilines is 1. The zero-order chi connectivity index (χ0) is 24.8. The number of aliphatic hydroxyl groups excluding tert-OH is 1. The molecule has 32 heavy (non-hydrogen) atoms. The highest BCUT2D eigenvalue weighted by molar-refractivity contribution is 7.66. The van der Waals surface area contributed by atoms with Gasteiger partial charge in [-0.1, -0.05) is 0 Å². The predicted molar refractivity (Wildman–Crippen MR) is 97.1 cm³/mol. The molecule has 184 valence electrons. The maximum Gasteiger partial charge on any atom is 0.490 e. The summed E-state index contributed by atoms with van der Waals surface area (Å²) in [5, 5.41) is 10.3. The third-order valence-electron chi connectivity index (χ3n) is 4.08. The van der Waals surface area contributed by atoms with Gasteiger partial charge in [-0.2, -0.15) is 13.6 Å². The van der Waals surface area contributed by atoms with E-state index in [1.807, 2.05) is 0 Å². The van der Waals surface area contributed by atoms with E-state index in [-0.39, 0.29) is 5.82 Å². The molecule has 0 saturated carbocycles. The zero-order valence-electron chi connectivity index (χ0n) is 15.8. The Kier molecular flexibility index (Phi) is 7.55. The van der Waals surface area contributed by atoms with Crippen molar-refractivity contribution in [2.45, 2.75) is 30.5 Å². The summed E-state index contributed by atoms with van der Waals surface area (Å²) in [6.07, 6.45) is -3.54. The largest absolute Gasteiger partial charge is 0.490 e. The lowest BCUT2D eigenvalue weighted by molar-refractivity contribution is -0.136. The minimum absolute atomic E-state index is 0.241. The van der Waals surface area contributed by atoms with Crippen LogP contribution in [0.4, 0.5) is 14.6 Å². The number of rotatable bonds is 9. The van der Waals surface area contributed by atoms with Crippen LogP contribution in [0.15, 0.2) is 17.1 Å². The summed E-state index contributed by atoms with van der Waals surface area (Å²) in [5.74, 6) is -0.241. The SMILES string of the molecule is C[C@@]1(F)[C@H](O)[C@@](CF)(COP(=O)(O)OP(=O)(O)OP(=O)(O)O)O[C@H]1n1ccc(N)nc1=O. The standard InChI is InChI=1S/C11H18F2N3O13P3/c1-10(13)7(17)11(4-12,27-8(10)16-3-2-6(14)15-9(16)18)5-26-31(22,23)29-32(24,25)28-30(19,20)21/h2-3,7-8,17H,4-5H2,1H3,(H,22,23)(H,24,25)(H2,14,15,18)(H2,19,20,21)/t7-,8+,10+,11+/m0/s1. The number of hydrogen-bond donors (Lipinski definition) is 6. The van der Waals surface area contributed by atoms with Gasteiger partial charge in [0.15, 0.2) is 17.5 Å². The maximum atomic E-state index is 15.2. The van der Waals surface area contributed by atoms with Crippen LogP contribution < -0.4 is 11.4 Å². The van der Waals surface area contributed by atoms with Crippen molar-refractivity contribution in [2.75, 3.05) is 19.0 Å². The fraction of sp³-hybridized carbons (Fsp3) is 0.636. The molecule has 2 rings (SSSR count). The van der Waals surface area contributed by atoms with Crippen molar-refractivity contribution in [3.63, 3.8) is 0 Å². The van der Waals surface area contributed by atoms with Gasteiger partial charge in [-0.05, 0) is 13.0 Å². The summed E-state index contributed by atoms with van der Waals surface area (Å²) in [6.45, 7) is -2.55. The van der Waals surface area contributed by atoms with Crippen molar-refractivity contribution < 1.29 is 65.0 Å². The normalized spacial score (nSPS) is 32.4. The molecule has 0 aromatic carbocycles. The number of nitrogens with zero attached hydrogens (tertiary/aromatic N) is 2. The molecule has 16 nitrogen and oxygen atoms in total. The van der Waals surface area contributed by atoms with E-state index in [0.29, 0.717) is 11.5 Å². The van der Waals surface area contributed by atoms with Gasteiger partial charge in [0, 0.05) is 6.20 Å². The lowest BCUT2D eigenvalue weighted by Crippen LogP contribution is -2.51. The number of aliphatic hydroxyl groups is 1. The molecule has 1 fully saturated rings. The second-order valence-corrected chi connectivity index (χ2v) is 11.0. The van der Waals surface area contributed by atoms with E-state index in [1.54, 1.807) is 0 Å². The van der Waals surface area contributed by atoms with E-state index in [2.05, 4.69) is 18.1 Å². The van der Waals surface area contributed by atoms with Gasteiger partial charge < -0.3 is 35.2 Å². The van der Waals surface area contributed by atoms with Crippen LogP contribution >= 0.6 is 23.5 Å². The first-order valence-electron chi connectivity index (χ1n) is 8.08. The third kappa shape index (κ3) is 6.05. The van der Waals surface area contributed by atoms with E-state index in [9.17, 15) is 32.9 Å². The Morgan fingerprint density at radius 2 is 1.84 bits per heavy atom. The van der Waals surface area contributed by atoms with E-state index in [4.69, 9.17) is 25.2 Å². The Balaban J connectivity index is 2.27. The molecule has 1 aliphatic rings. The fourth-order valence-corrected chi connectivity index (χ4v) is 5.81. The van der Waals surface area contributed by atoms with Crippen LogP contribution in [-0.4, -0.2) is 64.9 Å². The van der Waals surface area contributed by atoms with Gasteiger partial charge in [0.25, 0.3) is 0 Å². The van der Waals surface area contributed by atoms with Crippen LogP contribution in [0, 0.1) is 0 Å². The number of hydrogen-bond acceptors (Lipinski definition) is 11. The summed E-state index contributed by atoms with van der Waals surface area (Å²) >= 11 is 0. The van der Waals surface area contributed by atoms with Gasteiger partial charge in [0.1, 0.15) is 18.6 Å². The predicted octanol–water partition coefficient (Wildman–Crippen LogP) is -0.505. The molecule has 0 bridgehead atoms. The first kappa shape index (κ1) is 27.1. The third-order valence-corrected chi connectivity index (χ3v) is 7.86. The molecular formula is C11H18F2N3O13P3. The lowest BCUT2D eigenvalue weighted by atomic mass is 9.90. The number of ether oxygens (including phenoxy) is 1. The van der Waals surface area contributed by atoms with E-state index >= 15 is 4.39 Å². The Bertz CT molecular complexity index is 1060. The second kappa shape index (κ2) is 8.91. The zero-order valence-corrected chi connectivity index (χ0v) is 18.5. The van der Waals surface area contributed by atoms with Crippen molar-refractivity contribution in [1.29, 1.82) is 0 Å². The number of nitrogen functional groups attached to an aromatic ring is 1. The molecule has 2 heterocycles. The molecule has 0 spiro atoms. The highest BCUT2D eigenvalue weighted by Crippen LogP contribution is 2.66. The van der Waals surface area contributed by atoms with Crippen LogP contribution in [0.1, 0.15) is 13.2 Å². The summed E-state index contributed by atoms with van der Waals surface area (Å²) in [5.41, 5.74) is -1.48. The summed E-state index contributed by atoms with van der Waals surface area (Å²) in [6, 6.07) is 1.06. The molecule has 1 aliphatic heterocycles. The Labute approximate surface area is 177 Å².